The summed E-state index contributed by atoms with van der Waals surface area (Å²) in [6, 6.07) is 5.26. The molecule has 2 aliphatic rings. The van der Waals surface area contributed by atoms with Crippen molar-refractivity contribution in [2.24, 2.45) is 0 Å². The molecule has 204 valence electrons. The molecule has 0 unspecified atom stereocenters. The fourth-order valence-corrected chi connectivity index (χ4v) is 5.75. The predicted molar refractivity (Wildman–Crippen MR) is 141 cm³/mol. The number of ether oxygens (including phenoxy) is 2. The van der Waals surface area contributed by atoms with E-state index in [0.29, 0.717) is 43.6 Å². The summed E-state index contributed by atoms with van der Waals surface area (Å²) in [5, 5.41) is 5.05. The highest BCUT2D eigenvalue weighted by atomic mass is 32.1. The van der Waals surface area contributed by atoms with Gasteiger partial charge in [-0.1, -0.05) is 25.1 Å². The van der Waals surface area contributed by atoms with Crippen molar-refractivity contribution in [2.45, 2.75) is 65.0 Å². The smallest absolute Gasteiger partial charge is 0.324 e. The van der Waals surface area contributed by atoms with Gasteiger partial charge in [-0.05, 0) is 31.4 Å². The van der Waals surface area contributed by atoms with Crippen LogP contribution in [0.5, 0.6) is 5.75 Å². The summed E-state index contributed by atoms with van der Waals surface area (Å²) in [7, 11) is 0. The van der Waals surface area contributed by atoms with E-state index in [-0.39, 0.29) is 24.3 Å². The van der Waals surface area contributed by atoms with E-state index >= 15 is 0 Å². The molecule has 2 aromatic heterocycles. The minimum atomic E-state index is -0.433. The zero-order valence-corrected chi connectivity index (χ0v) is 22.9. The van der Waals surface area contributed by atoms with Crippen molar-refractivity contribution in [3.63, 3.8) is 0 Å². The normalized spacial score (nSPS) is 16.2. The molecule has 9 nitrogen and oxygen atoms in total. The molecule has 4 heterocycles. The number of fused-ring (bicyclic) bond motifs is 1. The standard InChI is InChI=1S/C27H34FN5O4S/c1-17(2)26-30-27(37-31-26)32-9-6-20(7-10-32)35-12-13-36-21-5-4-19(22(28)15-21)14-25(34)33-11-8-23-24(16-33)38-18(3)29-23/h4-5,15,17,20H,6-14,16H2,1-3H3. The largest absolute Gasteiger partial charge is 0.491 e. The van der Waals surface area contributed by atoms with E-state index in [1.807, 2.05) is 20.8 Å². The Kier molecular flexibility index (Phi) is 8.23. The second kappa shape index (κ2) is 11.8. The number of anilines is 1. The molecule has 0 radical (unpaired) electrons. The van der Waals surface area contributed by atoms with Gasteiger partial charge in [-0.15, -0.1) is 11.3 Å². The molecule has 1 aromatic carbocycles. The monoisotopic (exact) mass is 543 g/mol. The zero-order valence-electron chi connectivity index (χ0n) is 22.1. The van der Waals surface area contributed by atoms with Gasteiger partial charge in [-0.2, -0.15) is 4.98 Å². The second-order valence-corrected chi connectivity index (χ2v) is 11.4. The molecule has 0 bridgehead atoms. The molecule has 0 saturated carbocycles. The average Bonchev–Trinajstić information content (AvgIpc) is 3.54. The first-order valence-electron chi connectivity index (χ1n) is 13.2. The Balaban J connectivity index is 1.02. The minimum absolute atomic E-state index is 0.0312. The number of benzene rings is 1. The lowest BCUT2D eigenvalue weighted by molar-refractivity contribution is -0.131. The number of halogens is 1. The fraction of sp³-hybridized carbons (Fsp3) is 0.556. The van der Waals surface area contributed by atoms with Gasteiger partial charge in [-0.3, -0.25) is 4.79 Å². The number of nitrogens with zero attached hydrogens (tertiary/aromatic N) is 5. The number of aryl methyl sites for hydroxylation is 1. The first-order chi connectivity index (χ1) is 18.4. The van der Waals surface area contributed by atoms with Crippen molar-refractivity contribution in [1.82, 2.24) is 20.0 Å². The lowest BCUT2D eigenvalue weighted by Crippen LogP contribution is -2.37. The van der Waals surface area contributed by atoms with Gasteiger partial charge >= 0.3 is 6.01 Å². The topological polar surface area (TPSA) is 93.8 Å². The molecule has 38 heavy (non-hydrogen) atoms. The van der Waals surface area contributed by atoms with E-state index in [4.69, 9.17) is 14.0 Å². The lowest BCUT2D eigenvalue weighted by atomic mass is 10.1. The molecule has 0 aliphatic carbocycles. The summed E-state index contributed by atoms with van der Waals surface area (Å²) in [5.74, 6) is 0.874. The van der Waals surface area contributed by atoms with Crippen LogP contribution < -0.4 is 9.64 Å². The molecule has 1 fully saturated rings. The van der Waals surface area contributed by atoms with E-state index in [1.54, 1.807) is 28.4 Å². The van der Waals surface area contributed by atoms with Gasteiger partial charge < -0.3 is 23.8 Å². The highest BCUT2D eigenvalue weighted by Crippen LogP contribution is 2.26. The second-order valence-electron chi connectivity index (χ2n) is 10.1. The van der Waals surface area contributed by atoms with Gasteiger partial charge in [0.2, 0.25) is 5.91 Å². The van der Waals surface area contributed by atoms with Crippen molar-refractivity contribution in [3.8, 4) is 5.75 Å². The van der Waals surface area contributed by atoms with E-state index in [1.165, 1.54) is 6.07 Å². The lowest BCUT2D eigenvalue weighted by Gasteiger charge is -2.30. The summed E-state index contributed by atoms with van der Waals surface area (Å²) in [6.07, 6.45) is 2.63. The molecule has 1 saturated heterocycles. The number of carbonyl (C=O) groups is 1. The fourth-order valence-electron chi connectivity index (χ4n) is 4.75. The van der Waals surface area contributed by atoms with Crippen molar-refractivity contribution < 1.29 is 23.2 Å². The highest BCUT2D eigenvalue weighted by molar-refractivity contribution is 7.11. The Bertz CT molecular complexity index is 1250. The Morgan fingerprint density at radius 1 is 1.21 bits per heavy atom. The van der Waals surface area contributed by atoms with Crippen LogP contribution in [0.3, 0.4) is 0 Å². The van der Waals surface area contributed by atoms with Gasteiger partial charge in [0.15, 0.2) is 5.82 Å². The van der Waals surface area contributed by atoms with Crippen LogP contribution in [-0.2, 0) is 28.9 Å². The molecular formula is C27H34FN5O4S. The van der Waals surface area contributed by atoms with E-state index < -0.39 is 5.82 Å². The number of aromatic nitrogens is 3. The Labute approximate surface area is 225 Å². The molecule has 5 rings (SSSR count). The number of thiazole rings is 1. The van der Waals surface area contributed by atoms with Crippen molar-refractivity contribution in [2.75, 3.05) is 37.7 Å². The number of hydrogen-bond acceptors (Lipinski definition) is 9. The summed E-state index contributed by atoms with van der Waals surface area (Å²) in [6.45, 7) is 9.54. The molecular weight excluding hydrogens is 509 g/mol. The van der Waals surface area contributed by atoms with Gasteiger partial charge in [0.1, 0.15) is 18.2 Å². The van der Waals surface area contributed by atoms with Crippen LogP contribution in [0.4, 0.5) is 10.4 Å². The van der Waals surface area contributed by atoms with Gasteiger partial charge in [0.05, 0.1) is 36.4 Å². The predicted octanol–water partition coefficient (Wildman–Crippen LogP) is 4.29. The number of rotatable bonds is 9. The number of hydrogen-bond donors (Lipinski definition) is 0. The van der Waals surface area contributed by atoms with Gasteiger partial charge in [0.25, 0.3) is 0 Å². The van der Waals surface area contributed by atoms with Crippen molar-refractivity contribution >= 4 is 23.3 Å². The molecule has 0 N–H and O–H groups in total. The summed E-state index contributed by atoms with van der Waals surface area (Å²) < 4.78 is 31.8. The maximum absolute atomic E-state index is 14.7. The molecule has 0 spiro atoms. The number of carbonyl (C=O) groups excluding carboxylic acids is 1. The van der Waals surface area contributed by atoms with E-state index in [2.05, 4.69) is 20.0 Å². The first-order valence-corrected chi connectivity index (χ1v) is 14.0. The van der Waals surface area contributed by atoms with Crippen LogP contribution >= 0.6 is 11.3 Å². The van der Waals surface area contributed by atoms with Crippen LogP contribution in [0.25, 0.3) is 0 Å². The summed E-state index contributed by atoms with van der Waals surface area (Å²) in [5.41, 5.74) is 1.46. The van der Waals surface area contributed by atoms with Crippen LogP contribution in [-0.4, -0.2) is 64.9 Å². The van der Waals surface area contributed by atoms with E-state index in [9.17, 15) is 9.18 Å². The average molecular weight is 544 g/mol. The summed E-state index contributed by atoms with van der Waals surface area (Å²) >= 11 is 1.63. The van der Waals surface area contributed by atoms with E-state index in [0.717, 1.165) is 53.8 Å². The Hall–Kier alpha value is -3.05. The van der Waals surface area contributed by atoms with Crippen molar-refractivity contribution in [3.05, 3.63) is 51.0 Å². The quantitative estimate of drug-likeness (QED) is 0.369. The van der Waals surface area contributed by atoms with Crippen LogP contribution in [0.1, 0.15) is 59.6 Å². The molecule has 11 heteroatoms. The van der Waals surface area contributed by atoms with Crippen LogP contribution in [0.15, 0.2) is 22.7 Å². The maximum Gasteiger partial charge on any atom is 0.324 e. The molecule has 0 atom stereocenters. The third-order valence-electron chi connectivity index (χ3n) is 6.92. The summed E-state index contributed by atoms with van der Waals surface area (Å²) in [4.78, 5) is 26.8. The third kappa shape index (κ3) is 6.32. The minimum Gasteiger partial charge on any atom is -0.491 e. The van der Waals surface area contributed by atoms with Gasteiger partial charge in [0, 0.05) is 42.9 Å². The van der Waals surface area contributed by atoms with Crippen LogP contribution in [0.2, 0.25) is 0 Å². The van der Waals surface area contributed by atoms with Gasteiger partial charge in [-0.25, -0.2) is 9.37 Å². The molecule has 1 amide bonds. The zero-order chi connectivity index (χ0) is 26.6. The Morgan fingerprint density at radius 2 is 2.03 bits per heavy atom. The van der Waals surface area contributed by atoms with Crippen LogP contribution in [0, 0.1) is 12.7 Å². The Morgan fingerprint density at radius 3 is 2.76 bits per heavy atom. The molecule has 2 aliphatic heterocycles. The SMILES string of the molecule is Cc1nc2c(s1)CN(C(=O)Cc1ccc(OCCOC3CCN(c4nc(C(C)C)no4)CC3)cc1F)CC2. The number of amides is 1. The van der Waals surface area contributed by atoms with Crippen molar-refractivity contribution in [1.29, 1.82) is 0 Å². The third-order valence-corrected chi connectivity index (χ3v) is 7.92. The maximum atomic E-state index is 14.7. The number of piperidine rings is 1. The molecule has 3 aromatic rings. The highest BCUT2D eigenvalue weighted by Gasteiger charge is 2.25. The first kappa shape index (κ1) is 26.6.